The molecule has 1 atom stereocenters. The monoisotopic (exact) mass is 285 g/mol. The Bertz CT molecular complexity index is 612. The highest BCUT2D eigenvalue weighted by molar-refractivity contribution is 5.93. The van der Waals surface area contributed by atoms with Crippen molar-refractivity contribution < 1.29 is 5.11 Å². The van der Waals surface area contributed by atoms with E-state index >= 15 is 0 Å². The fourth-order valence-electron chi connectivity index (χ4n) is 3.38. The van der Waals surface area contributed by atoms with E-state index in [2.05, 4.69) is 22.0 Å². The number of pyridine rings is 1. The number of para-hydroxylation sites is 1. The Labute approximate surface area is 125 Å². The lowest BCUT2D eigenvalue weighted by Crippen LogP contribution is -2.36. The van der Waals surface area contributed by atoms with Gasteiger partial charge in [-0.2, -0.15) is 0 Å². The van der Waals surface area contributed by atoms with Gasteiger partial charge in [0.2, 0.25) is 0 Å². The molecule has 0 aliphatic carbocycles. The number of aromatic nitrogens is 1. The Morgan fingerprint density at radius 2 is 2.19 bits per heavy atom. The van der Waals surface area contributed by atoms with Crippen LogP contribution in [-0.4, -0.2) is 29.8 Å². The molecule has 1 fully saturated rings. The number of nitrogens with two attached hydrogens (primary N) is 1. The third-order valence-electron chi connectivity index (χ3n) is 4.42. The molecule has 1 aliphatic heterocycles. The lowest BCUT2D eigenvalue weighted by atomic mass is 9.94. The fourth-order valence-corrected chi connectivity index (χ4v) is 3.38. The molecule has 3 N–H and O–H groups in total. The zero-order valence-electron chi connectivity index (χ0n) is 12.3. The van der Waals surface area contributed by atoms with Crippen LogP contribution >= 0.6 is 0 Å². The van der Waals surface area contributed by atoms with Gasteiger partial charge in [0.05, 0.1) is 11.2 Å². The molecule has 1 aromatic heterocycles. The number of aliphatic hydroxyl groups is 1. The summed E-state index contributed by atoms with van der Waals surface area (Å²) in [5.41, 5.74) is 9.31. The summed E-state index contributed by atoms with van der Waals surface area (Å²) < 4.78 is 0. The molecule has 1 aromatic carbocycles. The summed E-state index contributed by atoms with van der Waals surface area (Å²) >= 11 is 0. The highest BCUT2D eigenvalue weighted by Crippen LogP contribution is 2.33. The van der Waals surface area contributed by atoms with E-state index in [-0.39, 0.29) is 6.61 Å². The van der Waals surface area contributed by atoms with Crippen LogP contribution in [0.25, 0.3) is 10.9 Å². The average molecular weight is 285 g/mol. The predicted molar refractivity (Wildman–Crippen MR) is 86.3 cm³/mol. The minimum atomic E-state index is 0.277. The number of benzene rings is 1. The summed E-state index contributed by atoms with van der Waals surface area (Å²) in [6.07, 6.45) is 5.17. The molecule has 0 spiro atoms. The Kier molecular flexibility index (Phi) is 4.36. The SMILES string of the molecule is NCc1cnc2ccccc2c1N1CCCC(CCO)C1. The molecule has 2 heterocycles. The number of hydrogen-bond acceptors (Lipinski definition) is 4. The van der Waals surface area contributed by atoms with Gasteiger partial charge in [-0.05, 0) is 31.2 Å². The number of fused-ring (bicyclic) bond motifs is 1. The molecule has 112 valence electrons. The molecule has 21 heavy (non-hydrogen) atoms. The van der Waals surface area contributed by atoms with Gasteiger partial charge in [-0.15, -0.1) is 0 Å². The molecule has 4 heteroatoms. The van der Waals surface area contributed by atoms with Crippen molar-refractivity contribution in [2.75, 3.05) is 24.6 Å². The Morgan fingerprint density at radius 1 is 1.33 bits per heavy atom. The smallest absolute Gasteiger partial charge is 0.0723 e. The summed E-state index contributed by atoms with van der Waals surface area (Å²) in [6.45, 7) is 2.85. The van der Waals surface area contributed by atoms with E-state index < -0.39 is 0 Å². The number of rotatable bonds is 4. The van der Waals surface area contributed by atoms with Crippen molar-refractivity contribution in [3.05, 3.63) is 36.0 Å². The largest absolute Gasteiger partial charge is 0.396 e. The van der Waals surface area contributed by atoms with Gasteiger partial charge in [0.1, 0.15) is 0 Å². The molecule has 1 saturated heterocycles. The maximum Gasteiger partial charge on any atom is 0.0723 e. The van der Waals surface area contributed by atoms with Crippen LogP contribution in [0, 0.1) is 5.92 Å². The van der Waals surface area contributed by atoms with Crippen molar-refractivity contribution in [1.82, 2.24) is 4.98 Å². The fraction of sp³-hybridized carbons (Fsp3) is 0.471. The van der Waals surface area contributed by atoms with E-state index in [9.17, 15) is 5.11 Å². The number of hydrogen-bond donors (Lipinski definition) is 2. The normalized spacial score (nSPS) is 19.1. The Balaban J connectivity index is 2.01. The molecule has 3 rings (SSSR count). The number of piperidine rings is 1. The van der Waals surface area contributed by atoms with E-state index in [0.717, 1.165) is 30.6 Å². The number of nitrogens with zero attached hydrogens (tertiary/aromatic N) is 2. The first-order valence-corrected chi connectivity index (χ1v) is 7.76. The minimum absolute atomic E-state index is 0.277. The molecule has 0 radical (unpaired) electrons. The maximum absolute atomic E-state index is 9.20. The van der Waals surface area contributed by atoms with E-state index in [1.807, 2.05) is 18.3 Å². The maximum atomic E-state index is 9.20. The van der Waals surface area contributed by atoms with Crippen molar-refractivity contribution in [1.29, 1.82) is 0 Å². The van der Waals surface area contributed by atoms with Crippen LogP contribution in [0.2, 0.25) is 0 Å². The highest BCUT2D eigenvalue weighted by atomic mass is 16.3. The molecule has 0 saturated carbocycles. The van der Waals surface area contributed by atoms with Crippen molar-refractivity contribution in [3.8, 4) is 0 Å². The summed E-state index contributed by atoms with van der Waals surface area (Å²) in [7, 11) is 0. The molecule has 2 aromatic rings. The van der Waals surface area contributed by atoms with Crippen molar-refractivity contribution in [2.45, 2.75) is 25.8 Å². The zero-order valence-corrected chi connectivity index (χ0v) is 12.3. The quantitative estimate of drug-likeness (QED) is 0.905. The van der Waals surface area contributed by atoms with Crippen molar-refractivity contribution in [2.24, 2.45) is 11.7 Å². The van der Waals surface area contributed by atoms with Crippen LogP contribution < -0.4 is 10.6 Å². The van der Waals surface area contributed by atoms with Gasteiger partial charge < -0.3 is 15.7 Å². The van der Waals surface area contributed by atoms with Crippen LogP contribution in [0.3, 0.4) is 0 Å². The predicted octanol–water partition coefficient (Wildman–Crippen LogP) is 2.29. The van der Waals surface area contributed by atoms with E-state index in [0.29, 0.717) is 12.5 Å². The van der Waals surface area contributed by atoms with Crippen LogP contribution in [0.15, 0.2) is 30.5 Å². The van der Waals surface area contributed by atoms with Gasteiger partial charge in [-0.25, -0.2) is 0 Å². The number of anilines is 1. The van der Waals surface area contributed by atoms with Gasteiger partial charge in [-0.1, -0.05) is 18.2 Å². The molecule has 0 bridgehead atoms. The molecule has 0 amide bonds. The summed E-state index contributed by atoms with van der Waals surface area (Å²) in [5.74, 6) is 0.571. The van der Waals surface area contributed by atoms with Crippen LogP contribution in [-0.2, 0) is 6.54 Å². The first-order valence-electron chi connectivity index (χ1n) is 7.76. The van der Waals surface area contributed by atoms with Crippen LogP contribution in [0.1, 0.15) is 24.8 Å². The molecular weight excluding hydrogens is 262 g/mol. The first-order chi connectivity index (χ1) is 10.3. The van der Waals surface area contributed by atoms with Crippen molar-refractivity contribution in [3.63, 3.8) is 0 Å². The third-order valence-corrected chi connectivity index (χ3v) is 4.42. The molecule has 4 nitrogen and oxygen atoms in total. The molecule has 1 unspecified atom stereocenters. The second kappa shape index (κ2) is 6.41. The van der Waals surface area contributed by atoms with Gasteiger partial charge in [0.25, 0.3) is 0 Å². The third kappa shape index (κ3) is 2.87. The lowest BCUT2D eigenvalue weighted by molar-refractivity contribution is 0.244. The topological polar surface area (TPSA) is 62.4 Å². The summed E-state index contributed by atoms with van der Waals surface area (Å²) in [5, 5.41) is 10.4. The first kappa shape index (κ1) is 14.3. The second-order valence-electron chi connectivity index (χ2n) is 5.82. The van der Waals surface area contributed by atoms with Gasteiger partial charge >= 0.3 is 0 Å². The van der Waals surface area contributed by atoms with Gasteiger partial charge in [0, 0.05) is 43.4 Å². The van der Waals surface area contributed by atoms with Crippen LogP contribution in [0.4, 0.5) is 5.69 Å². The van der Waals surface area contributed by atoms with E-state index in [1.165, 1.54) is 23.9 Å². The highest BCUT2D eigenvalue weighted by Gasteiger charge is 2.23. The molecular formula is C17H23N3O. The Hall–Kier alpha value is -1.65. The minimum Gasteiger partial charge on any atom is -0.396 e. The standard InChI is InChI=1S/C17H23N3O/c18-10-14-11-19-16-6-2-1-5-15(16)17(14)20-8-3-4-13(12-20)7-9-21/h1-2,5-6,11,13,21H,3-4,7-10,12,18H2. The van der Waals surface area contributed by atoms with Crippen molar-refractivity contribution >= 4 is 16.6 Å². The second-order valence-corrected chi connectivity index (χ2v) is 5.82. The van der Waals surface area contributed by atoms with Crippen LogP contribution in [0.5, 0.6) is 0 Å². The van der Waals surface area contributed by atoms with E-state index in [1.54, 1.807) is 0 Å². The zero-order chi connectivity index (χ0) is 14.7. The lowest BCUT2D eigenvalue weighted by Gasteiger charge is -2.36. The average Bonchev–Trinajstić information content (AvgIpc) is 2.54. The Morgan fingerprint density at radius 3 is 3.00 bits per heavy atom. The molecule has 1 aliphatic rings. The summed E-state index contributed by atoms with van der Waals surface area (Å²) in [4.78, 5) is 6.96. The summed E-state index contributed by atoms with van der Waals surface area (Å²) in [6, 6.07) is 8.26. The number of aliphatic hydroxyl groups excluding tert-OH is 1. The van der Waals surface area contributed by atoms with Gasteiger partial charge in [-0.3, -0.25) is 4.98 Å². The van der Waals surface area contributed by atoms with E-state index in [4.69, 9.17) is 5.73 Å². The van der Waals surface area contributed by atoms with Gasteiger partial charge in [0.15, 0.2) is 0 Å².